The van der Waals surface area contributed by atoms with E-state index in [1.807, 2.05) is 30.3 Å². The van der Waals surface area contributed by atoms with E-state index in [0.29, 0.717) is 11.5 Å². The smallest absolute Gasteiger partial charge is 0.161 e. The molecule has 0 aliphatic rings. The van der Waals surface area contributed by atoms with Gasteiger partial charge >= 0.3 is 0 Å². The van der Waals surface area contributed by atoms with E-state index in [2.05, 4.69) is 19.1 Å². The molecule has 2 aromatic carbocycles. The molecule has 0 saturated heterocycles. The number of allylic oxidation sites excluding steroid dienone is 1. The quantitative estimate of drug-likeness (QED) is 0.747. The predicted molar refractivity (Wildman–Crippen MR) is 94.6 cm³/mol. The second-order valence-electron chi connectivity index (χ2n) is 5.14. The summed E-state index contributed by atoms with van der Waals surface area (Å²) in [5.74, 6) is 2.13. The number of benzene rings is 2. The fourth-order valence-electron chi connectivity index (χ4n) is 2.62. The maximum Gasteiger partial charge on any atom is 0.161 e. The third kappa shape index (κ3) is 3.52. The minimum Gasteiger partial charge on any atom is -0.496 e. The molecule has 0 fully saturated rings. The van der Waals surface area contributed by atoms with Crippen molar-refractivity contribution in [3.05, 3.63) is 59.2 Å². The predicted octanol–water partition coefficient (Wildman–Crippen LogP) is 4.23. The van der Waals surface area contributed by atoms with Gasteiger partial charge in [-0.2, -0.15) is 5.26 Å². The standard InChI is InChI=1S/C20H21NO3/c1-5-14-12-15(6-8-18(14)22-2)17(10-11-21)16-7-9-19(23-3)20(13-16)24-4/h6-10,12-13H,5H2,1-4H3/b17-10-. The molecule has 124 valence electrons. The lowest BCUT2D eigenvalue weighted by Gasteiger charge is -2.14. The molecule has 4 heteroatoms. The largest absolute Gasteiger partial charge is 0.496 e. The lowest BCUT2D eigenvalue weighted by Crippen LogP contribution is -1.96. The molecule has 0 atom stereocenters. The first-order valence-electron chi connectivity index (χ1n) is 7.67. The van der Waals surface area contributed by atoms with Crippen LogP contribution in [0.5, 0.6) is 17.2 Å². The Morgan fingerprint density at radius 3 is 2.04 bits per heavy atom. The Bertz CT molecular complexity index is 730. The lowest BCUT2D eigenvalue weighted by atomic mass is 9.95. The van der Waals surface area contributed by atoms with Crippen molar-refractivity contribution < 1.29 is 14.2 Å². The van der Waals surface area contributed by atoms with Crippen LogP contribution in [-0.4, -0.2) is 21.3 Å². The average Bonchev–Trinajstić information content (AvgIpc) is 2.64. The van der Waals surface area contributed by atoms with E-state index in [0.717, 1.165) is 34.4 Å². The fourth-order valence-corrected chi connectivity index (χ4v) is 2.62. The highest BCUT2D eigenvalue weighted by molar-refractivity contribution is 5.82. The maximum atomic E-state index is 9.21. The minimum atomic E-state index is 0.628. The summed E-state index contributed by atoms with van der Waals surface area (Å²) in [5.41, 5.74) is 3.78. The Morgan fingerprint density at radius 1 is 0.917 bits per heavy atom. The molecule has 24 heavy (non-hydrogen) atoms. The van der Waals surface area contributed by atoms with Crippen molar-refractivity contribution in [2.75, 3.05) is 21.3 Å². The van der Waals surface area contributed by atoms with Crippen molar-refractivity contribution in [2.24, 2.45) is 0 Å². The third-order valence-corrected chi connectivity index (χ3v) is 3.88. The van der Waals surface area contributed by atoms with Crippen LogP contribution >= 0.6 is 0 Å². The Morgan fingerprint density at radius 2 is 1.50 bits per heavy atom. The molecule has 0 radical (unpaired) electrons. The molecule has 0 saturated carbocycles. The molecule has 0 aliphatic carbocycles. The van der Waals surface area contributed by atoms with Gasteiger partial charge in [0.15, 0.2) is 11.5 Å². The SMILES string of the molecule is CCc1cc(/C(=C/C#N)c2ccc(OC)c(OC)c2)ccc1OC. The summed E-state index contributed by atoms with van der Waals surface area (Å²) in [7, 11) is 4.85. The molecule has 0 N–H and O–H groups in total. The van der Waals surface area contributed by atoms with Crippen molar-refractivity contribution in [1.29, 1.82) is 5.26 Å². The summed E-state index contributed by atoms with van der Waals surface area (Å²) in [4.78, 5) is 0. The number of nitrogens with zero attached hydrogens (tertiary/aromatic N) is 1. The van der Waals surface area contributed by atoms with Crippen LogP contribution in [-0.2, 0) is 6.42 Å². The summed E-state index contributed by atoms with van der Waals surface area (Å²) in [6, 6.07) is 13.7. The summed E-state index contributed by atoms with van der Waals surface area (Å²) < 4.78 is 16.0. The van der Waals surface area contributed by atoms with Gasteiger partial charge in [-0.25, -0.2) is 0 Å². The van der Waals surface area contributed by atoms with E-state index in [1.54, 1.807) is 27.4 Å². The van der Waals surface area contributed by atoms with E-state index in [-0.39, 0.29) is 0 Å². The first-order chi connectivity index (χ1) is 11.7. The number of rotatable bonds is 6. The highest BCUT2D eigenvalue weighted by atomic mass is 16.5. The summed E-state index contributed by atoms with van der Waals surface area (Å²) in [6.45, 7) is 2.08. The number of hydrogen-bond acceptors (Lipinski definition) is 4. The van der Waals surface area contributed by atoms with Crippen molar-refractivity contribution >= 4 is 5.57 Å². The van der Waals surface area contributed by atoms with Crippen LogP contribution < -0.4 is 14.2 Å². The first kappa shape index (κ1) is 17.4. The van der Waals surface area contributed by atoms with Crippen LogP contribution in [0.2, 0.25) is 0 Å². The summed E-state index contributed by atoms with van der Waals surface area (Å²) >= 11 is 0. The van der Waals surface area contributed by atoms with Crippen molar-refractivity contribution in [2.45, 2.75) is 13.3 Å². The van der Waals surface area contributed by atoms with E-state index in [9.17, 15) is 5.26 Å². The Balaban J connectivity index is 2.56. The van der Waals surface area contributed by atoms with Crippen molar-refractivity contribution in [3.63, 3.8) is 0 Å². The second kappa shape index (κ2) is 8.07. The number of nitriles is 1. The van der Waals surface area contributed by atoms with Crippen LogP contribution in [0.25, 0.3) is 5.57 Å². The topological polar surface area (TPSA) is 51.5 Å². The van der Waals surface area contributed by atoms with E-state index in [4.69, 9.17) is 14.2 Å². The van der Waals surface area contributed by atoms with Crippen molar-refractivity contribution in [3.8, 4) is 23.3 Å². The van der Waals surface area contributed by atoms with Gasteiger partial charge in [0.1, 0.15) is 5.75 Å². The third-order valence-electron chi connectivity index (χ3n) is 3.88. The van der Waals surface area contributed by atoms with Gasteiger partial charge < -0.3 is 14.2 Å². The zero-order valence-corrected chi connectivity index (χ0v) is 14.4. The van der Waals surface area contributed by atoms with Crippen LogP contribution in [0.4, 0.5) is 0 Å². The van der Waals surface area contributed by atoms with E-state index in [1.165, 1.54) is 0 Å². The fraction of sp³-hybridized carbons (Fsp3) is 0.250. The molecule has 2 aromatic rings. The highest BCUT2D eigenvalue weighted by Crippen LogP contribution is 2.34. The van der Waals surface area contributed by atoms with Gasteiger partial charge in [-0.3, -0.25) is 0 Å². The van der Waals surface area contributed by atoms with Crippen LogP contribution in [0, 0.1) is 11.3 Å². The van der Waals surface area contributed by atoms with Gasteiger partial charge in [0.2, 0.25) is 0 Å². The molecule has 0 bridgehead atoms. The average molecular weight is 323 g/mol. The normalized spacial score (nSPS) is 10.9. The monoisotopic (exact) mass is 323 g/mol. The number of aryl methyl sites for hydroxylation is 1. The van der Waals surface area contributed by atoms with Gasteiger partial charge in [0, 0.05) is 6.08 Å². The molecular formula is C20H21NO3. The Kier molecular flexibility index (Phi) is 5.86. The lowest BCUT2D eigenvalue weighted by molar-refractivity contribution is 0.355. The molecule has 4 nitrogen and oxygen atoms in total. The molecule has 0 spiro atoms. The van der Waals surface area contributed by atoms with Gasteiger partial charge in [-0.05, 0) is 52.9 Å². The number of ether oxygens (including phenoxy) is 3. The maximum absolute atomic E-state index is 9.21. The van der Waals surface area contributed by atoms with Crippen LogP contribution in [0.1, 0.15) is 23.6 Å². The Labute approximate surface area is 142 Å². The minimum absolute atomic E-state index is 0.628. The summed E-state index contributed by atoms with van der Waals surface area (Å²) in [6.07, 6.45) is 2.39. The van der Waals surface area contributed by atoms with Gasteiger partial charge in [0.05, 0.1) is 27.4 Å². The zero-order valence-electron chi connectivity index (χ0n) is 14.4. The zero-order chi connectivity index (χ0) is 17.5. The number of hydrogen-bond donors (Lipinski definition) is 0. The second-order valence-corrected chi connectivity index (χ2v) is 5.14. The molecule has 0 heterocycles. The molecule has 0 aromatic heterocycles. The van der Waals surface area contributed by atoms with Crippen molar-refractivity contribution in [1.82, 2.24) is 0 Å². The number of methoxy groups -OCH3 is 3. The molecule has 2 rings (SSSR count). The van der Waals surface area contributed by atoms with E-state index < -0.39 is 0 Å². The first-order valence-corrected chi connectivity index (χ1v) is 7.67. The molecule has 0 aliphatic heterocycles. The Hall–Kier alpha value is -2.93. The van der Waals surface area contributed by atoms with Crippen LogP contribution in [0.3, 0.4) is 0 Å². The van der Waals surface area contributed by atoms with Gasteiger partial charge in [-0.15, -0.1) is 0 Å². The van der Waals surface area contributed by atoms with Gasteiger partial charge in [-0.1, -0.05) is 19.1 Å². The molecule has 0 unspecified atom stereocenters. The summed E-state index contributed by atoms with van der Waals surface area (Å²) in [5, 5.41) is 9.21. The van der Waals surface area contributed by atoms with E-state index >= 15 is 0 Å². The van der Waals surface area contributed by atoms with Gasteiger partial charge in [0.25, 0.3) is 0 Å². The highest BCUT2D eigenvalue weighted by Gasteiger charge is 2.12. The molecule has 0 amide bonds. The molecular weight excluding hydrogens is 302 g/mol. The van der Waals surface area contributed by atoms with Crippen LogP contribution in [0.15, 0.2) is 42.5 Å².